The van der Waals surface area contributed by atoms with Gasteiger partial charge in [-0.3, -0.25) is 9.59 Å². The molecule has 0 saturated heterocycles. The zero-order valence-electron chi connectivity index (χ0n) is 17.3. The summed E-state index contributed by atoms with van der Waals surface area (Å²) in [5.41, 5.74) is -2.79. The van der Waals surface area contributed by atoms with Crippen molar-refractivity contribution in [2.24, 2.45) is 0 Å². The van der Waals surface area contributed by atoms with E-state index in [1.165, 1.54) is 0 Å². The predicted molar refractivity (Wildman–Crippen MR) is 110 cm³/mol. The van der Waals surface area contributed by atoms with E-state index in [0.29, 0.717) is 0 Å². The van der Waals surface area contributed by atoms with Gasteiger partial charge in [-0.25, -0.2) is 9.59 Å². The van der Waals surface area contributed by atoms with E-state index in [4.69, 9.17) is 9.47 Å². The zero-order chi connectivity index (χ0) is 22.1. The van der Waals surface area contributed by atoms with Gasteiger partial charge in [0.05, 0.1) is 4.75 Å². The molecule has 0 aliphatic rings. The third kappa shape index (κ3) is 6.73. The Labute approximate surface area is 171 Å². The van der Waals surface area contributed by atoms with Gasteiger partial charge in [-0.05, 0) is 66.2 Å². The minimum atomic E-state index is -1.29. The minimum absolute atomic E-state index is 0.0159. The summed E-state index contributed by atoms with van der Waals surface area (Å²) in [6.07, 6.45) is -0.857. The maximum atomic E-state index is 12.0. The van der Waals surface area contributed by atoms with Crippen LogP contribution < -0.4 is 20.9 Å². The molecule has 1 aromatic carbocycles. The highest BCUT2D eigenvalue weighted by atomic mass is 33.1. The van der Waals surface area contributed by atoms with Gasteiger partial charge in [-0.2, -0.15) is 0 Å². The molecular weight excluding hydrogens is 406 g/mol. The fraction of sp³-hybridized carbons (Fsp3) is 0.667. The lowest BCUT2D eigenvalue weighted by Gasteiger charge is -2.32. The van der Waals surface area contributed by atoms with Crippen molar-refractivity contribution in [2.75, 3.05) is 0 Å². The quantitative estimate of drug-likeness (QED) is 0.494. The topological polar surface area (TPSA) is 119 Å². The first kappa shape index (κ1) is 24.4. The van der Waals surface area contributed by atoms with Crippen LogP contribution >= 0.6 is 21.6 Å². The third-order valence-corrected chi connectivity index (χ3v) is 6.50. The fourth-order valence-electron chi connectivity index (χ4n) is 1.98. The molecule has 0 bridgehead atoms. The summed E-state index contributed by atoms with van der Waals surface area (Å²) >= 11 is 0. The second kappa shape index (κ2) is 8.36. The van der Waals surface area contributed by atoms with E-state index in [1.54, 1.807) is 55.4 Å². The normalized spacial score (nSPS) is 13.9. The molecule has 1 aromatic rings. The summed E-state index contributed by atoms with van der Waals surface area (Å²) in [6.45, 7) is 13.5. The van der Waals surface area contributed by atoms with Gasteiger partial charge in [-0.15, -0.1) is 0 Å². The summed E-state index contributed by atoms with van der Waals surface area (Å²) in [5.74, 6) is -1.27. The zero-order valence-corrected chi connectivity index (χ0v) is 18.9. The highest BCUT2D eigenvalue weighted by Crippen LogP contribution is 2.44. The Hall–Kier alpha value is -1.68. The highest BCUT2D eigenvalue weighted by molar-refractivity contribution is 8.77. The second-order valence-corrected chi connectivity index (χ2v) is 11.5. The number of hydrogen-bond donors (Lipinski definition) is 2. The van der Waals surface area contributed by atoms with Crippen molar-refractivity contribution in [3.8, 4) is 5.75 Å². The maximum Gasteiger partial charge on any atom is 0.408 e. The molecule has 0 aliphatic heterocycles. The van der Waals surface area contributed by atoms with Crippen LogP contribution in [0, 0.1) is 0 Å². The number of amides is 1. The lowest BCUT2D eigenvalue weighted by Crippen LogP contribution is -2.53. The van der Waals surface area contributed by atoms with E-state index in [9.17, 15) is 24.3 Å². The minimum Gasteiger partial charge on any atom is -0.483 e. The number of alkyl carbamates (subject to hydrolysis) is 1. The summed E-state index contributed by atoms with van der Waals surface area (Å²) in [4.78, 5) is 47.5. The average molecular weight is 434 g/mol. The molecule has 0 radical (unpaired) electrons. The number of carbonyl (C=O) groups is 2. The standard InChI is InChI=1S/C18H27NO7S2/c1-16(2,3)25-11-9(20)10(21)12(11)27-28-18(7,8)13(14(22)23)19-15(24)26-17(4,5)6/h13H,1-8H3,(H,19,24)(H,22,23)/t13-/m0/s1. The number of carboxylic acid groups (broad SMARTS) is 1. The van der Waals surface area contributed by atoms with Gasteiger partial charge < -0.3 is 19.9 Å². The first-order valence-corrected chi connectivity index (χ1v) is 10.7. The van der Waals surface area contributed by atoms with Crippen molar-refractivity contribution in [2.45, 2.75) is 82.3 Å². The van der Waals surface area contributed by atoms with Gasteiger partial charge >= 0.3 is 12.1 Å². The van der Waals surface area contributed by atoms with Gasteiger partial charge in [0.25, 0.3) is 5.43 Å². The van der Waals surface area contributed by atoms with E-state index >= 15 is 0 Å². The van der Waals surface area contributed by atoms with Crippen LogP contribution in [0.5, 0.6) is 5.75 Å². The van der Waals surface area contributed by atoms with E-state index in [0.717, 1.165) is 21.6 Å². The first-order valence-electron chi connectivity index (χ1n) is 8.55. The van der Waals surface area contributed by atoms with E-state index in [2.05, 4.69) is 5.32 Å². The molecule has 0 aromatic heterocycles. The van der Waals surface area contributed by atoms with E-state index in [-0.39, 0.29) is 10.6 Å². The summed E-state index contributed by atoms with van der Waals surface area (Å²) in [7, 11) is 2.01. The van der Waals surface area contributed by atoms with Crippen LogP contribution in [0.4, 0.5) is 4.79 Å². The molecule has 0 heterocycles. The highest BCUT2D eigenvalue weighted by Gasteiger charge is 2.40. The van der Waals surface area contributed by atoms with Crippen molar-refractivity contribution in [3.63, 3.8) is 0 Å². The first-order chi connectivity index (χ1) is 12.4. The Balaban J connectivity index is 2.93. The SMILES string of the molecule is CC(C)(C)OC(=O)N[C@@H](C(=O)O)C(C)(C)SSc1c(OC(C)(C)C)c(=O)c1=O. The van der Waals surface area contributed by atoms with Crippen molar-refractivity contribution in [1.29, 1.82) is 0 Å². The number of aliphatic carboxylic acids is 1. The van der Waals surface area contributed by atoms with Crippen molar-refractivity contribution in [1.82, 2.24) is 5.32 Å². The predicted octanol–water partition coefficient (Wildman–Crippen LogP) is 2.96. The Kier molecular flexibility index (Phi) is 7.27. The number of nitrogens with one attached hydrogen (secondary N) is 1. The molecule has 0 fully saturated rings. The number of hydrogen-bond acceptors (Lipinski definition) is 8. The smallest absolute Gasteiger partial charge is 0.408 e. The lowest BCUT2D eigenvalue weighted by molar-refractivity contribution is -0.140. The van der Waals surface area contributed by atoms with E-state index in [1.807, 2.05) is 0 Å². The molecule has 0 spiro atoms. The van der Waals surface area contributed by atoms with Crippen LogP contribution in [0.1, 0.15) is 55.4 Å². The average Bonchev–Trinajstić information content (AvgIpc) is 2.47. The number of carbonyl (C=O) groups excluding carboxylic acids is 1. The van der Waals surface area contributed by atoms with Crippen LogP contribution in [0.2, 0.25) is 0 Å². The Bertz CT molecular complexity index is 811. The summed E-state index contributed by atoms with van der Waals surface area (Å²) in [5, 5.41) is 11.9. The van der Waals surface area contributed by atoms with Gasteiger partial charge in [0.1, 0.15) is 22.1 Å². The molecule has 158 valence electrons. The molecule has 8 nitrogen and oxygen atoms in total. The third-order valence-electron chi connectivity index (χ3n) is 3.18. The van der Waals surface area contributed by atoms with Crippen LogP contribution in [-0.2, 0) is 9.53 Å². The molecule has 1 amide bonds. The van der Waals surface area contributed by atoms with Crippen LogP contribution in [0.25, 0.3) is 0 Å². The van der Waals surface area contributed by atoms with Crippen molar-refractivity contribution < 1.29 is 24.2 Å². The monoisotopic (exact) mass is 433 g/mol. The molecule has 0 aliphatic carbocycles. The lowest BCUT2D eigenvalue weighted by atomic mass is 10.0. The Morgan fingerprint density at radius 2 is 1.50 bits per heavy atom. The largest absolute Gasteiger partial charge is 0.483 e. The molecule has 10 heteroatoms. The summed E-state index contributed by atoms with van der Waals surface area (Å²) in [6, 6.07) is -1.29. The van der Waals surface area contributed by atoms with Crippen molar-refractivity contribution >= 4 is 33.7 Å². The fourth-order valence-corrected chi connectivity index (χ4v) is 4.55. The number of rotatable bonds is 7. The van der Waals surface area contributed by atoms with Gasteiger partial charge in [0.2, 0.25) is 5.43 Å². The summed E-state index contributed by atoms with van der Waals surface area (Å²) < 4.78 is 9.61. The second-order valence-electron chi connectivity index (χ2n) is 8.72. The Morgan fingerprint density at radius 1 is 0.964 bits per heavy atom. The van der Waals surface area contributed by atoms with Crippen LogP contribution in [0.15, 0.2) is 14.5 Å². The maximum absolute atomic E-state index is 12.0. The molecule has 1 atom stereocenters. The van der Waals surface area contributed by atoms with E-state index < -0.39 is 44.9 Å². The molecule has 0 unspecified atom stereocenters. The van der Waals surface area contributed by atoms with Crippen molar-refractivity contribution in [3.05, 3.63) is 20.4 Å². The number of ether oxygens (including phenoxy) is 2. The molecule has 28 heavy (non-hydrogen) atoms. The van der Waals surface area contributed by atoms with Gasteiger partial charge in [0, 0.05) is 0 Å². The Morgan fingerprint density at radius 3 is 1.93 bits per heavy atom. The van der Waals surface area contributed by atoms with Gasteiger partial charge in [-0.1, -0.05) is 10.8 Å². The molecule has 0 saturated carbocycles. The number of carboxylic acids is 1. The van der Waals surface area contributed by atoms with Gasteiger partial charge in [0.15, 0.2) is 5.75 Å². The van der Waals surface area contributed by atoms with Crippen LogP contribution in [0.3, 0.4) is 0 Å². The van der Waals surface area contributed by atoms with Crippen LogP contribution in [-0.4, -0.2) is 39.2 Å². The molecule has 1 rings (SSSR count). The molecule has 2 N–H and O–H groups in total. The molecular formula is C18H27NO7S2.